The van der Waals surface area contributed by atoms with Gasteiger partial charge < -0.3 is 10.3 Å². The third kappa shape index (κ3) is 1.26. The lowest BCUT2D eigenvalue weighted by atomic mass is 10.2. The van der Waals surface area contributed by atoms with Crippen LogP contribution >= 0.6 is 0 Å². The van der Waals surface area contributed by atoms with Crippen LogP contribution in [-0.4, -0.2) is 10.1 Å². The van der Waals surface area contributed by atoms with Crippen LogP contribution in [0.15, 0.2) is 28.9 Å². The van der Waals surface area contributed by atoms with Crippen LogP contribution in [0.4, 0.5) is 5.69 Å². The van der Waals surface area contributed by atoms with Crippen LogP contribution in [0.25, 0.3) is 11.5 Å². The fraction of sp³-hybridized carbons (Fsp3) is 0.111. The van der Waals surface area contributed by atoms with E-state index in [-0.39, 0.29) is 0 Å². The summed E-state index contributed by atoms with van der Waals surface area (Å²) >= 11 is 0. The van der Waals surface area contributed by atoms with E-state index in [4.69, 9.17) is 10.3 Å². The Bertz CT molecular complexity index is 408. The summed E-state index contributed by atoms with van der Waals surface area (Å²) in [7, 11) is 0. The molecule has 66 valence electrons. The Morgan fingerprint density at radius 2 is 2.23 bits per heavy atom. The van der Waals surface area contributed by atoms with E-state index in [1.54, 1.807) is 13.1 Å². The molecule has 0 aliphatic rings. The molecule has 2 aromatic rings. The molecule has 0 aromatic carbocycles. The van der Waals surface area contributed by atoms with E-state index in [9.17, 15) is 0 Å². The molecule has 0 aliphatic carbocycles. The average Bonchev–Trinajstić information content (AvgIpc) is 2.49. The van der Waals surface area contributed by atoms with Gasteiger partial charge in [0.1, 0.15) is 17.1 Å². The van der Waals surface area contributed by atoms with Gasteiger partial charge in [0.25, 0.3) is 0 Å². The molecule has 2 aromatic heterocycles. The quantitative estimate of drug-likeness (QED) is 0.715. The minimum absolute atomic E-state index is 0.540. The molecule has 0 radical (unpaired) electrons. The zero-order valence-corrected chi connectivity index (χ0v) is 7.19. The van der Waals surface area contributed by atoms with Crippen molar-refractivity contribution in [3.63, 3.8) is 0 Å². The van der Waals surface area contributed by atoms with Gasteiger partial charge in [-0.3, -0.25) is 4.98 Å². The van der Waals surface area contributed by atoms with Crippen LogP contribution in [0.3, 0.4) is 0 Å². The number of nitrogens with two attached hydrogens (primary N) is 1. The summed E-state index contributed by atoms with van der Waals surface area (Å²) in [4.78, 5) is 4.11. The molecule has 0 aliphatic heterocycles. The maximum atomic E-state index is 5.74. The van der Waals surface area contributed by atoms with Crippen molar-refractivity contribution in [2.45, 2.75) is 6.92 Å². The molecule has 4 heteroatoms. The number of pyridine rings is 1. The van der Waals surface area contributed by atoms with E-state index in [2.05, 4.69) is 10.1 Å². The maximum Gasteiger partial charge on any atom is 0.208 e. The standard InChI is InChI=1S/C9H9N3O/c1-6-8(10)9(13-12-6)7-4-2-3-5-11-7/h2-5H,10H2,1H3. The van der Waals surface area contributed by atoms with E-state index in [1.165, 1.54) is 0 Å². The van der Waals surface area contributed by atoms with E-state index < -0.39 is 0 Å². The van der Waals surface area contributed by atoms with Crippen LogP contribution in [0.2, 0.25) is 0 Å². The number of aryl methyl sites for hydroxylation is 1. The highest BCUT2D eigenvalue weighted by Crippen LogP contribution is 2.25. The Labute approximate surface area is 75.4 Å². The van der Waals surface area contributed by atoms with E-state index in [1.807, 2.05) is 18.2 Å². The lowest BCUT2D eigenvalue weighted by molar-refractivity contribution is 0.426. The van der Waals surface area contributed by atoms with Gasteiger partial charge in [-0.1, -0.05) is 11.2 Å². The van der Waals surface area contributed by atoms with E-state index >= 15 is 0 Å². The van der Waals surface area contributed by atoms with Gasteiger partial charge in [0.15, 0.2) is 0 Å². The highest BCUT2D eigenvalue weighted by Gasteiger charge is 2.11. The van der Waals surface area contributed by atoms with Crippen molar-refractivity contribution in [1.29, 1.82) is 0 Å². The van der Waals surface area contributed by atoms with Crippen LogP contribution in [-0.2, 0) is 0 Å². The van der Waals surface area contributed by atoms with E-state index in [0.717, 1.165) is 0 Å². The summed E-state index contributed by atoms with van der Waals surface area (Å²) in [6.07, 6.45) is 1.69. The molecule has 2 heterocycles. The summed E-state index contributed by atoms with van der Waals surface area (Å²) < 4.78 is 5.04. The SMILES string of the molecule is Cc1noc(-c2ccccn2)c1N. The smallest absolute Gasteiger partial charge is 0.208 e. The van der Waals surface area contributed by atoms with Gasteiger partial charge in [0, 0.05) is 6.20 Å². The van der Waals surface area contributed by atoms with Crippen LogP contribution in [0, 0.1) is 6.92 Å². The van der Waals surface area contributed by atoms with Crippen molar-refractivity contribution in [2.24, 2.45) is 0 Å². The first kappa shape index (κ1) is 7.79. The van der Waals surface area contributed by atoms with E-state index in [0.29, 0.717) is 22.8 Å². The van der Waals surface area contributed by atoms with Crippen molar-refractivity contribution in [1.82, 2.24) is 10.1 Å². The maximum absolute atomic E-state index is 5.74. The van der Waals surface area contributed by atoms with Gasteiger partial charge in [0.05, 0.1) is 0 Å². The molecule has 0 atom stereocenters. The predicted molar refractivity (Wildman–Crippen MR) is 48.9 cm³/mol. The molecule has 2 N–H and O–H groups in total. The number of aromatic nitrogens is 2. The third-order valence-electron chi connectivity index (χ3n) is 1.81. The first-order valence-corrected chi connectivity index (χ1v) is 3.92. The molecule has 2 rings (SSSR count). The topological polar surface area (TPSA) is 64.9 Å². The zero-order chi connectivity index (χ0) is 9.26. The number of nitrogen functional groups attached to an aromatic ring is 1. The van der Waals surface area contributed by atoms with Gasteiger partial charge in [-0.25, -0.2) is 0 Å². The Hall–Kier alpha value is -1.84. The minimum Gasteiger partial charge on any atom is -0.394 e. The number of hydrogen-bond donors (Lipinski definition) is 1. The van der Waals surface area contributed by atoms with Crippen molar-refractivity contribution < 1.29 is 4.52 Å². The second-order valence-corrected chi connectivity index (χ2v) is 2.73. The summed E-state index contributed by atoms with van der Waals surface area (Å²) in [5.74, 6) is 0.540. The Morgan fingerprint density at radius 1 is 1.38 bits per heavy atom. The highest BCUT2D eigenvalue weighted by atomic mass is 16.5. The molecule has 4 nitrogen and oxygen atoms in total. The average molecular weight is 175 g/mol. The van der Waals surface area contributed by atoms with Gasteiger partial charge >= 0.3 is 0 Å². The lowest BCUT2D eigenvalue weighted by Gasteiger charge is -1.94. The number of anilines is 1. The minimum atomic E-state index is 0.540. The van der Waals surface area contributed by atoms with Crippen LogP contribution < -0.4 is 5.73 Å². The fourth-order valence-corrected chi connectivity index (χ4v) is 1.06. The second-order valence-electron chi connectivity index (χ2n) is 2.73. The van der Waals surface area contributed by atoms with Gasteiger partial charge in [-0.15, -0.1) is 0 Å². The lowest BCUT2D eigenvalue weighted by Crippen LogP contribution is -1.89. The Balaban J connectivity index is 2.53. The fourth-order valence-electron chi connectivity index (χ4n) is 1.06. The summed E-state index contributed by atoms with van der Waals surface area (Å²) in [5.41, 5.74) is 7.70. The second kappa shape index (κ2) is 2.90. The van der Waals surface area contributed by atoms with Crippen LogP contribution in [0.1, 0.15) is 5.69 Å². The van der Waals surface area contributed by atoms with Gasteiger partial charge in [-0.2, -0.15) is 0 Å². The van der Waals surface area contributed by atoms with Crippen molar-refractivity contribution in [2.75, 3.05) is 5.73 Å². The highest BCUT2D eigenvalue weighted by molar-refractivity contribution is 5.69. The Kier molecular flexibility index (Phi) is 1.73. The first-order valence-electron chi connectivity index (χ1n) is 3.92. The third-order valence-corrected chi connectivity index (χ3v) is 1.81. The summed E-state index contributed by atoms with van der Waals surface area (Å²) in [6.45, 7) is 1.80. The molecular formula is C9H9N3O. The Morgan fingerprint density at radius 3 is 2.77 bits per heavy atom. The van der Waals surface area contributed by atoms with Crippen molar-refractivity contribution in [3.8, 4) is 11.5 Å². The molecule has 0 saturated heterocycles. The molecule has 13 heavy (non-hydrogen) atoms. The molecule has 0 amide bonds. The monoisotopic (exact) mass is 175 g/mol. The zero-order valence-electron chi connectivity index (χ0n) is 7.19. The summed E-state index contributed by atoms with van der Waals surface area (Å²) in [5, 5.41) is 3.75. The van der Waals surface area contributed by atoms with Crippen LogP contribution in [0.5, 0.6) is 0 Å². The molecular weight excluding hydrogens is 166 g/mol. The number of rotatable bonds is 1. The first-order chi connectivity index (χ1) is 6.29. The molecule has 0 fully saturated rings. The van der Waals surface area contributed by atoms with Crippen molar-refractivity contribution in [3.05, 3.63) is 30.1 Å². The summed E-state index contributed by atoms with van der Waals surface area (Å²) in [6, 6.07) is 5.54. The molecule has 0 bridgehead atoms. The normalized spacial score (nSPS) is 10.2. The van der Waals surface area contributed by atoms with Crippen molar-refractivity contribution >= 4 is 5.69 Å². The predicted octanol–water partition coefficient (Wildman–Crippen LogP) is 1.63. The van der Waals surface area contributed by atoms with Gasteiger partial charge in [-0.05, 0) is 19.1 Å². The number of nitrogens with zero attached hydrogens (tertiary/aromatic N) is 2. The van der Waals surface area contributed by atoms with Gasteiger partial charge in [0.2, 0.25) is 5.76 Å². The molecule has 0 spiro atoms. The number of hydrogen-bond acceptors (Lipinski definition) is 4. The molecule has 0 unspecified atom stereocenters. The molecule has 0 saturated carbocycles. The largest absolute Gasteiger partial charge is 0.394 e.